The molecule has 0 atom stereocenters. The van der Waals surface area contributed by atoms with E-state index in [9.17, 15) is 31.5 Å². The summed E-state index contributed by atoms with van der Waals surface area (Å²) < 4.78 is 68.8. The highest BCUT2D eigenvalue weighted by Gasteiger charge is 2.36. The van der Waals surface area contributed by atoms with Crippen LogP contribution in [-0.4, -0.2) is 55.7 Å². The van der Waals surface area contributed by atoms with Crippen molar-refractivity contribution >= 4 is 34.7 Å². The van der Waals surface area contributed by atoms with Crippen LogP contribution in [0.15, 0.2) is 54.9 Å². The number of fused-ring (bicyclic) bond motifs is 1. The first-order valence-corrected chi connectivity index (χ1v) is 12.8. The topological polar surface area (TPSA) is 130 Å². The van der Waals surface area contributed by atoms with E-state index in [1.165, 1.54) is 47.6 Å². The molecule has 0 saturated carbocycles. The Labute approximate surface area is 235 Å². The first-order chi connectivity index (χ1) is 19.9. The standard InChI is InChI=1S/C28H24F5N7O2/c29-27(30)7-9-40(10-8-27)26(42)17-3-4-20(35-14-17)18-11-19(28(31,32)33)25-21(12-18)38-23(39-25)15-37-24(41)6-2-16-1-5-22(34)36-13-16/h1-6,11-14H,7-10,15H2,(H2,34,36)(H,37,41)(H,38,39)/b6-2+. The van der Waals surface area contributed by atoms with Crippen molar-refractivity contribution in [3.63, 3.8) is 0 Å². The summed E-state index contributed by atoms with van der Waals surface area (Å²) in [6.07, 6.45) is -0.166. The number of amides is 2. The largest absolute Gasteiger partial charge is 0.418 e. The second-order valence-electron chi connectivity index (χ2n) is 9.75. The molecule has 1 saturated heterocycles. The van der Waals surface area contributed by atoms with E-state index in [4.69, 9.17) is 5.73 Å². The van der Waals surface area contributed by atoms with E-state index in [0.717, 1.165) is 6.07 Å². The normalized spacial score (nSPS) is 15.3. The number of pyridine rings is 2. The number of H-pyrrole nitrogens is 1. The number of nitrogen functional groups attached to an aromatic ring is 1. The van der Waals surface area contributed by atoms with Crippen molar-refractivity contribution in [3.8, 4) is 11.3 Å². The number of nitrogens with one attached hydrogen (secondary N) is 2. The molecule has 2 amide bonds. The molecule has 14 heteroatoms. The molecule has 5 rings (SSSR count). The molecule has 9 nitrogen and oxygen atoms in total. The molecule has 0 aliphatic carbocycles. The number of imidazole rings is 1. The molecular formula is C28H24F5N7O2. The SMILES string of the molecule is Nc1ccc(/C=C/C(=O)NCc2nc3c(C(F)(F)F)cc(-c4ccc(C(=O)N5CCC(F)(F)CC5)cn4)cc3[nH]2)cn1. The van der Waals surface area contributed by atoms with Crippen molar-refractivity contribution < 1.29 is 31.5 Å². The number of carbonyl (C=O) groups is 2. The third kappa shape index (κ3) is 6.53. The molecule has 4 N–H and O–H groups in total. The van der Waals surface area contributed by atoms with Crippen LogP contribution in [-0.2, 0) is 17.5 Å². The number of carbonyl (C=O) groups excluding carboxylic acids is 2. The van der Waals surface area contributed by atoms with Crippen LogP contribution in [0.2, 0.25) is 0 Å². The highest BCUT2D eigenvalue weighted by atomic mass is 19.4. The van der Waals surface area contributed by atoms with E-state index in [2.05, 4.69) is 25.3 Å². The molecule has 0 radical (unpaired) electrons. The number of piperidine rings is 1. The number of hydrogen-bond donors (Lipinski definition) is 3. The average Bonchev–Trinajstić information content (AvgIpc) is 3.37. The van der Waals surface area contributed by atoms with Gasteiger partial charge in [0.15, 0.2) is 0 Å². The molecule has 1 aliphatic heterocycles. The van der Waals surface area contributed by atoms with Crippen molar-refractivity contribution in [3.05, 3.63) is 77.4 Å². The Morgan fingerprint density at radius 1 is 1.07 bits per heavy atom. The number of likely N-dealkylation sites (tertiary alicyclic amines) is 1. The van der Waals surface area contributed by atoms with Gasteiger partial charge in [0.1, 0.15) is 17.2 Å². The zero-order valence-electron chi connectivity index (χ0n) is 21.9. The molecule has 218 valence electrons. The summed E-state index contributed by atoms with van der Waals surface area (Å²) in [7, 11) is 0. The van der Waals surface area contributed by atoms with Gasteiger partial charge in [-0.2, -0.15) is 13.2 Å². The van der Waals surface area contributed by atoms with Gasteiger partial charge in [-0.3, -0.25) is 14.6 Å². The van der Waals surface area contributed by atoms with Crippen LogP contribution in [0.1, 0.15) is 40.2 Å². The van der Waals surface area contributed by atoms with E-state index in [0.29, 0.717) is 11.4 Å². The van der Waals surface area contributed by atoms with Gasteiger partial charge in [0.2, 0.25) is 5.91 Å². The Morgan fingerprint density at radius 3 is 2.48 bits per heavy atom. The fourth-order valence-electron chi connectivity index (χ4n) is 4.44. The molecule has 1 fully saturated rings. The summed E-state index contributed by atoms with van der Waals surface area (Å²) in [6.45, 7) is -0.363. The van der Waals surface area contributed by atoms with Gasteiger partial charge in [-0.05, 0) is 48.0 Å². The Kier molecular flexibility index (Phi) is 7.63. The Balaban J connectivity index is 1.33. The quantitative estimate of drug-likeness (QED) is 0.220. The first-order valence-electron chi connectivity index (χ1n) is 12.8. The van der Waals surface area contributed by atoms with Gasteiger partial charge in [-0.1, -0.05) is 0 Å². The van der Waals surface area contributed by atoms with E-state index in [1.54, 1.807) is 12.1 Å². The Morgan fingerprint density at radius 2 is 1.83 bits per heavy atom. The van der Waals surface area contributed by atoms with Crippen molar-refractivity contribution in [2.45, 2.75) is 31.5 Å². The van der Waals surface area contributed by atoms with E-state index in [-0.39, 0.29) is 53.3 Å². The summed E-state index contributed by atoms with van der Waals surface area (Å²) >= 11 is 0. The molecule has 1 aliphatic rings. The summed E-state index contributed by atoms with van der Waals surface area (Å²) in [5.74, 6) is -3.35. The summed E-state index contributed by atoms with van der Waals surface area (Å²) in [4.78, 5) is 41.1. The van der Waals surface area contributed by atoms with Gasteiger partial charge in [-0.15, -0.1) is 0 Å². The lowest BCUT2D eigenvalue weighted by atomic mass is 10.0. The molecule has 0 bridgehead atoms. The lowest BCUT2D eigenvalue weighted by Gasteiger charge is -2.31. The molecule has 0 spiro atoms. The summed E-state index contributed by atoms with van der Waals surface area (Å²) in [5.41, 5.74) is 5.32. The van der Waals surface area contributed by atoms with Crippen LogP contribution in [0.3, 0.4) is 0 Å². The zero-order valence-corrected chi connectivity index (χ0v) is 21.9. The molecule has 0 unspecified atom stereocenters. The van der Waals surface area contributed by atoms with E-state index >= 15 is 0 Å². The number of rotatable bonds is 6. The van der Waals surface area contributed by atoms with Crippen LogP contribution in [0.4, 0.5) is 27.8 Å². The lowest BCUT2D eigenvalue weighted by molar-refractivity contribution is -0.136. The summed E-state index contributed by atoms with van der Waals surface area (Å²) in [6, 6.07) is 8.38. The zero-order chi connectivity index (χ0) is 30.1. The maximum Gasteiger partial charge on any atom is 0.418 e. The Hall–Kier alpha value is -4.88. The van der Waals surface area contributed by atoms with Crippen LogP contribution in [0.25, 0.3) is 28.4 Å². The number of alkyl halides is 5. The fraction of sp³-hybridized carbons (Fsp3) is 0.250. The van der Waals surface area contributed by atoms with Crippen LogP contribution in [0, 0.1) is 0 Å². The number of benzene rings is 1. The minimum absolute atomic E-state index is 0.0729. The first kappa shape index (κ1) is 28.6. The maximum absolute atomic E-state index is 14.0. The number of halogens is 5. The van der Waals surface area contributed by atoms with Gasteiger partial charge >= 0.3 is 6.18 Å². The highest BCUT2D eigenvalue weighted by molar-refractivity contribution is 5.94. The Bertz CT molecular complexity index is 1640. The second kappa shape index (κ2) is 11.2. The fourth-order valence-corrected chi connectivity index (χ4v) is 4.44. The molecule has 42 heavy (non-hydrogen) atoms. The number of anilines is 1. The van der Waals surface area contributed by atoms with Gasteiger partial charge in [0, 0.05) is 50.0 Å². The van der Waals surface area contributed by atoms with Gasteiger partial charge < -0.3 is 20.9 Å². The minimum atomic E-state index is -4.74. The number of nitrogens with zero attached hydrogens (tertiary/aromatic N) is 4. The molecule has 4 aromatic rings. The van der Waals surface area contributed by atoms with E-state index in [1.807, 2.05) is 0 Å². The number of aromatic nitrogens is 4. The molecule has 1 aromatic carbocycles. The number of aromatic amines is 1. The van der Waals surface area contributed by atoms with Crippen molar-refractivity contribution in [2.75, 3.05) is 18.8 Å². The maximum atomic E-state index is 14.0. The van der Waals surface area contributed by atoms with Gasteiger partial charge in [0.05, 0.1) is 28.9 Å². The molecular weight excluding hydrogens is 561 g/mol. The third-order valence-corrected chi connectivity index (χ3v) is 6.70. The third-order valence-electron chi connectivity index (χ3n) is 6.70. The highest BCUT2D eigenvalue weighted by Crippen LogP contribution is 2.37. The van der Waals surface area contributed by atoms with Gasteiger partial charge in [0.25, 0.3) is 11.8 Å². The minimum Gasteiger partial charge on any atom is -0.384 e. The predicted octanol–water partition coefficient (Wildman–Crippen LogP) is 4.82. The lowest BCUT2D eigenvalue weighted by Crippen LogP contribution is -2.42. The van der Waals surface area contributed by atoms with Crippen LogP contribution < -0.4 is 11.1 Å². The van der Waals surface area contributed by atoms with E-state index < -0.39 is 42.3 Å². The van der Waals surface area contributed by atoms with Crippen LogP contribution >= 0.6 is 0 Å². The summed E-state index contributed by atoms with van der Waals surface area (Å²) in [5, 5.41) is 2.56. The van der Waals surface area contributed by atoms with Gasteiger partial charge in [-0.25, -0.2) is 18.7 Å². The van der Waals surface area contributed by atoms with Crippen molar-refractivity contribution in [1.29, 1.82) is 0 Å². The van der Waals surface area contributed by atoms with Crippen molar-refractivity contribution in [2.24, 2.45) is 0 Å². The van der Waals surface area contributed by atoms with Crippen LogP contribution in [0.5, 0.6) is 0 Å². The monoisotopic (exact) mass is 585 g/mol. The predicted molar refractivity (Wildman–Crippen MR) is 144 cm³/mol. The smallest absolute Gasteiger partial charge is 0.384 e. The van der Waals surface area contributed by atoms with Crippen molar-refractivity contribution in [1.82, 2.24) is 30.2 Å². The molecule has 3 aromatic heterocycles. The number of hydrogen-bond acceptors (Lipinski definition) is 6. The number of nitrogens with two attached hydrogens (primary N) is 1. The molecule has 4 heterocycles. The average molecular weight is 586 g/mol. The second-order valence-corrected chi connectivity index (χ2v) is 9.75.